The highest BCUT2D eigenvalue weighted by Crippen LogP contribution is 2.32. The number of fused-ring (bicyclic) bond motifs is 1. The average Bonchev–Trinajstić information content (AvgIpc) is 2.82. The number of benzene rings is 1. The predicted octanol–water partition coefficient (Wildman–Crippen LogP) is 3.69. The molecule has 0 saturated heterocycles. The summed E-state index contributed by atoms with van der Waals surface area (Å²) in [5, 5.41) is 0.0337. The molecule has 1 aliphatic heterocycles. The smallest absolute Gasteiger partial charge is 0.417 e. The van der Waals surface area contributed by atoms with Gasteiger partial charge in [-0.2, -0.15) is 0 Å². The van der Waals surface area contributed by atoms with Gasteiger partial charge in [0.2, 0.25) is 5.28 Å². The Hall–Kier alpha value is -2.47. The Labute approximate surface area is 144 Å². The Morgan fingerprint density at radius 2 is 1.88 bits per heavy atom. The molecule has 2 aromatic rings. The first-order valence-corrected chi connectivity index (χ1v) is 7.81. The highest BCUT2D eigenvalue weighted by Gasteiger charge is 2.38. The molecule has 2 amide bonds. The molecule has 1 aromatic carbocycles. The highest BCUT2D eigenvalue weighted by atomic mass is 35.5. The van der Waals surface area contributed by atoms with Crippen molar-refractivity contribution in [3.8, 4) is 11.3 Å². The predicted molar refractivity (Wildman–Crippen MR) is 88.6 cm³/mol. The van der Waals surface area contributed by atoms with E-state index in [1.807, 2.05) is 30.3 Å². The second-order valence-electron chi connectivity index (χ2n) is 6.40. The summed E-state index contributed by atoms with van der Waals surface area (Å²) in [5.41, 5.74) is 1.16. The van der Waals surface area contributed by atoms with E-state index in [1.165, 1.54) is 0 Å². The standard InChI is InChI=1S/C17H16ClN3O3/c1-17(2,3)24-16(23)21-9-11-12(14(21)22)13(20-15(18)19-11)10-7-5-4-6-8-10/h4-8H,9H2,1-3H3. The molecule has 0 unspecified atom stereocenters. The Balaban J connectivity index is 2.02. The molecular formula is C17H16ClN3O3. The fourth-order valence-corrected chi connectivity index (χ4v) is 2.63. The van der Waals surface area contributed by atoms with Crippen molar-refractivity contribution in [2.45, 2.75) is 32.9 Å². The van der Waals surface area contributed by atoms with Gasteiger partial charge in [0.05, 0.1) is 23.5 Å². The number of amides is 2. The molecule has 1 aromatic heterocycles. The Morgan fingerprint density at radius 3 is 2.50 bits per heavy atom. The number of carbonyl (C=O) groups excluding carboxylic acids is 2. The van der Waals surface area contributed by atoms with Crippen LogP contribution in [0, 0.1) is 0 Å². The summed E-state index contributed by atoms with van der Waals surface area (Å²) in [4.78, 5) is 34.3. The van der Waals surface area contributed by atoms with Crippen LogP contribution in [-0.2, 0) is 11.3 Å². The van der Waals surface area contributed by atoms with Crippen molar-refractivity contribution in [3.63, 3.8) is 0 Å². The van der Waals surface area contributed by atoms with Crippen molar-refractivity contribution >= 4 is 23.6 Å². The van der Waals surface area contributed by atoms with Gasteiger partial charge in [-0.05, 0) is 32.4 Å². The molecule has 0 radical (unpaired) electrons. The summed E-state index contributed by atoms with van der Waals surface area (Å²) in [6.45, 7) is 5.24. The van der Waals surface area contributed by atoms with Crippen molar-refractivity contribution in [2.75, 3.05) is 0 Å². The lowest BCUT2D eigenvalue weighted by Gasteiger charge is -2.23. The molecule has 0 saturated carbocycles. The largest absolute Gasteiger partial charge is 0.443 e. The number of hydrogen-bond acceptors (Lipinski definition) is 5. The van der Waals surface area contributed by atoms with Crippen LogP contribution in [0.25, 0.3) is 11.3 Å². The highest BCUT2D eigenvalue weighted by molar-refractivity contribution is 6.28. The van der Waals surface area contributed by atoms with Crippen LogP contribution in [-0.4, -0.2) is 32.5 Å². The zero-order valence-electron chi connectivity index (χ0n) is 13.5. The first kappa shape index (κ1) is 16.4. The Kier molecular flexibility index (Phi) is 4.01. The monoisotopic (exact) mass is 345 g/mol. The molecule has 7 heteroatoms. The number of aromatic nitrogens is 2. The summed E-state index contributed by atoms with van der Waals surface area (Å²) >= 11 is 5.99. The first-order chi connectivity index (χ1) is 11.3. The third kappa shape index (κ3) is 3.10. The van der Waals surface area contributed by atoms with Gasteiger partial charge in [0.25, 0.3) is 5.91 Å². The van der Waals surface area contributed by atoms with Crippen molar-refractivity contribution in [3.05, 3.63) is 46.9 Å². The van der Waals surface area contributed by atoms with Crippen molar-refractivity contribution < 1.29 is 14.3 Å². The van der Waals surface area contributed by atoms with Crippen molar-refractivity contribution in [1.29, 1.82) is 0 Å². The molecule has 3 rings (SSSR count). The maximum absolute atomic E-state index is 12.7. The summed E-state index contributed by atoms with van der Waals surface area (Å²) in [5.74, 6) is -0.477. The maximum atomic E-state index is 12.7. The minimum absolute atomic E-state index is 0.0190. The van der Waals surface area contributed by atoms with E-state index in [1.54, 1.807) is 20.8 Å². The van der Waals surface area contributed by atoms with Gasteiger partial charge in [-0.25, -0.2) is 19.7 Å². The third-order valence-corrected chi connectivity index (χ3v) is 3.55. The number of ether oxygens (including phenoxy) is 1. The molecule has 0 N–H and O–H groups in total. The van der Waals surface area contributed by atoms with Crippen LogP contribution in [0.2, 0.25) is 5.28 Å². The molecular weight excluding hydrogens is 330 g/mol. The van der Waals surface area contributed by atoms with E-state index in [2.05, 4.69) is 9.97 Å². The first-order valence-electron chi connectivity index (χ1n) is 7.43. The molecule has 0 aliphatic carbocycles. The molecule has 24 heavy (non-hydrogen) atoms. The Morgan fingerprint density at radius 1 is 1.21 bits per heavy atom. The number of halogens is 1. The van der Waals surface area contributed by atoms with E-state index in [9.17, 15) is 9.59 Å². The van der Waals surface area contributed by atoms with Crippen LogP contribution < -0.4 is 0 Å². The van der Waals surface area contributed by atoms with Crippen molar-refractivity contribution in [2.24, 2.45) is 0 Å². The third-order valence-electron chi connectivity index (χ3n) is 3.38. The van der Waals surface area contributed by atoms with Gasteiger partial charge in [0.1, 0.15) is 5.60 Å². The van der Waals surface area contributed by atoms with Gasteiger partial charge in [-0.3, -0.25) is 4.79 Å². The lowest BCUT2D eigenvalue weighted by molar-refractivity contribution is 0.0247. The molecule has 6 nitrogen and oxygen atoms in total. The molecule has 0 fully saturated rings. The zero-order chi connectivity index (χ0) is 17.5. The fourth-order valence-electron chi connectivity index (χ4n) is 2.44. The SMILES string of the molecule is CC(C)(C)OC(=O)N1Cc2nc(Cl)nc(-c3ccccc3)c2C1=O. The van der Waals surface area contributed by atoms with E-state index in [4.69, 9.17) is 16.3 Å². The van der Waals surface area contributed by atoms with Gasteiger partial charge < -0.3 is 4.74 Å². The normalized spacial score (nSPS) is 13.8. The number of hydrogen-bond donors (Lipinski definition) is 0. The molecule has 1 aliphatic rings. The van der Waals surface area contributed by atoms with E-state index in [0.717, 1.165) is 10.5 Å². The summed E-state index contributed by atoms with van der Waals surface area (Å²) < 4.78 is 5.28. The van der Waals surface area contributed by atoms with Gasteiger partial charge in [0, 0.05) is 5.56 Å². The number of imide groups is 1. The van der Waals surface area contributed by atoms with Crippen LogP contribution in [0.15, 0.2) is 30.3 Å². The van der Waals surface area contributed by atoms with Gasteiger partial charge >= 0.3 is 6.09 Å². The minimum Gasteiger partial charge on any atom is -0.443 e. The molecule has 0 bridgehead atoms. The summed E-state index contributed by atoms with van der Waals surface area (Å²) in [7, 11) is 0. The summed E-state index contributed by atoms with van der Waals surface area (Å²) in [6, 6.07) is 9.18. The molecule has 124 valence electrons. The Bertz CT molecular complexity index is 816. The number of nitrogens with zero attached hydrogens (tertiary/aromatic N) is 3. The van der Waals surface area contributed by atoms with Gasteiger partial charge in [-0.15, -0.1) is 0 Å². The minimum atomic E-state index is -0.708. The lowest BCUT2D eigenvalue weighted by atomic mass is 10.1. The summed E-state index contributed by atoms with van der Waals surface area (Å²) in [6.07, 6.45) is -0.708. The van der Waals surface area contributed by atoms with Crippen LogP contribution in [0.4, 0.5) is 4.79 Å². The van der Waals surface area contributed by atoms with Gasteiger partial charge in [0.15, 0.2) is 0 Å². The van der Waals surface area contributed by atoms with Gasteiger partial charge in [-0.1, -0.05) is 30.3 Å². The topological polar surface area (TPSA) is 72.4 Å². The molecule has 0 atom stereocenters. The zero-order valence-corrected chi connectivity index (χ0v) is 14.3. The lowest BCUT2D eigenvalue weighted by Crippen LogP contribution is -2.37. The molecule has 2 heterocycles. The number of carbonyl (C=O) groups is 2. The van der Waals surface area contributed by atoms with Crippen LogP contribution in [0.5, 0.6) is 0 Å². The van der Waals surface area contributed by atoms with Crippen LogP contribution in [0.1, 0.15) is 36.8 Å². The number of rotatable bonds is 1. The second kappa shape index (κ2) is 5.87. The fraction of sp³-hybridized carbons (Fsp3) is 0.294. The van der Waals surface area contributed by atoms with E-state index >= 15 is 0 Å². The maximum Gasteiger partial charge on any atom is 0.417 e. The van der Waals surface area contributed by atoms with E-state index < -0.39 is 17.6 Å². The average molecular weight is 346 g/mol. The van der Waals surface area contributed by atoms with Crippen LogP contribution >= 0.6 is 11.6 Å². The molecule has 0 spiro atoms. The van der Waals surface area contributed by atoms with Crippen molar-refractivity contribution in [1.82, 2.24) is 14.9 Å². The van der Waals surface area contributed by atoms with Crippen LogP contribution in [0.3, 0.4) is 0 Å². The quantitative estimate of drug-likeness (QED) is 0.737. The van der Waals surface area contributed by atoms with E-state index in [-0.39, 0.29) is 17.4 Å². The second-order valence-corrected chi connectivity index (χ2v) is 6.74. The van der Waals surface area contributed by atoms with E-state index in [0.29, 0.717) is 11.4 Å².